The molecule has 1 unspecified atom stereocenters. The van der Waals surface area contributed by atoms with E-state index in [-0.39, 0.29) is 18.9 Å². The number of amides is 4. The maximum absolute atomic E-state index is 11.6. The molecular weight excluding hydrogens is 256 g/mol. The van der Waals surface area contributed by atoms with Crippen LogP contribution in [0.2, 0.25) is 0 Å². The third-order valence-electron chi connectivity index (χ3n) is 2.30. The second-order valence-electron chi connectivity index (χ2n) is 3.86. The van der Waals surface area contributed by atoms with Gasteiger partial charge in [0.15, 0.2) is 0 Å². The van der Waals surface area contributed by atoms with Gasteiger partial charge in [0.25, 0.3) is 0 Å². The minimum Gasteiger partial charge on any atom is -0.480 e. The number of nitrogens with one attached hydrogen (secondary N) is 2. The Hall–Kier alpha value is -2.32. The molecule has 9 heteroatoms. The first-order valence-corrected chi connectivity index (χ1v) is 5.51. The molecule has 9 nitrogen and oxygen atoms in total. The number of carbonyl (C=O) groups excluding carboxylic acids is 3. The van der Waals surface area contributed by atoms with Crippen LogP contribution < -0.4 is 16.4 Å². The molecule has 0 aliphatic heterocycles. The molecule has 108 valence electrons. The highest BCUT2D eigenvalue weighted by Crippen LogP contribution is 1.95. The van der Waals surface area contributed by atoms with E-state index in [2.05, 4.69) is 10.6 Å². The fourth-order valence-corrected chi connectivity index (χ4v) is 1.16. The van der Waals surface area contributed by atoms with Gasteiger partial charge in [-0.2, -0.15) is 0 Å². The van der Waals surface area contributed by atoms with Crippen LogP contribution in [0.3, 0.4) is 0 Å². The summed E-state index contributed by atoms with van der Waals surface area (Å²) in [6.45, 7) is 0.119. The van der Waals surface area contributed by atoms with E-state index in [1.54, 1.807) is 0 Å². The van der Waals surface area contributed by atoms with E-state index in [0.717, 1.165) is 4.90 Å². The largest absolute Gasteiger partial charge is 0.480 e. The molecule has 0 aromatic heterocycles. The van der Waals surface area contributed by atoms with Crippen LogP contribution in [0.5, 0.6) is 0 Å². The van der Waals surface area contributed by atoms with Gasteiger partial charge < -0.3 is 26.4 Å². The fourth-order valence-electron chi connectivity index (χ4n) is 1.16. The first kappa shape index (κ1) is 16.7. The Morgan fingerprint density at radius 2 is 1.89 bits per heavy atom. The molecule has 0 bridgehead atoms. The van der Waals surface area contributed by atoms with Crippen LogP contribution in [-0.2, 0) is 14.4 Å². The summed E-state index contributed by atoms with van der Waals surface area (Å²) in [5.74, 6) is -2.43. The number of carbonyl (C=O) groups is 4. The number of carboxylic acids is 1. The minimum absolute atomic E-state index is 0.0912. The van der Waals surface area contributed by atoms with E-state index in [1.165, 1.54) is 14.1 Å². The highest BCUT2D eigenvalue weighted by Gasteiger charge is 2.23. The summed E-state index contributed by atoms with van der Waals surface area (Å²) in [4.78, 5) is 45.2. The number of aliphatic carboxylic acids is 1. The smallest absolute Gasteiger partial charge is 0.326 e. The third-order valence-corrected chi connectivity index (χ3v) is 2.30. The summed E-state index contributed by atoms with van der Waals surface area (Å²) in [5, 5.41) is 13.3. The summed E-state index contributed by atoms with van der Waals surface area (Å²) in [7, 11) is 2.87. The lowest BCUT2D eigenvalue weighted by Gasteiger charge is -2.20. The minimum atomic E-state index is -1.38. The Labute approximate surface area is 110 Å². The van der Waals surface area contributed by atoms with Crippen molar-refractivity contribution >= 4 is 23.8 Å². The van der Waals surface area contributed by atoms with Crippen molar-refractivity contribution in [2.75, 3.05) is 20.6 Å². The number of urea groups is 1. The van der Waals surface area contributed by atoms with Gasteiger partial charge in [-0.3, -0.25) is 9.59 Å². The van der Waals surface area contributed by atoms with Crippen molar-refractivity contribution in [2.45, 2.75) is 18.9 Å². The summed E-state index contributed by atoms with van der Waals surface area (Å²) in [6.07, 6.45) is -0.404. The summed E-state index contributed by atoms with van der Waals surface area (Å²) in [6, 6.07) is -2.08. The number of hydrogen-bond acceptors (Lipinski definition) is 4. The molecule has 0 spiro atoms. The van der Waals surface area contributed by atoms with Crippen LogP contribution in [-0.4, -0.2) is 60.5 Å². The van der Waals surface area contributed by atoms with Gasteiger partial charge >= 0.3 is 12.0 Å². The Kier molecular flexibility index (Phi) is 6.94. The number of hydrogen-bond donors (Lipinski definition) is 4. The lowest BCUT2D eigenvalue weighted by molar-refractivity contribution is -0.141. The lowest BCUT2D eigenvalue weighted by Crippen LogP contribution is -2.48. The normalized spacial score (nSPS) is 11.3. The first-order valence-electron chi connectivity index (χ1n) is 5.51. The van der Waals surface area contributed by atoms with E-state index >= 15 is 0 Å². The second-order valence-corrected chi connectivity index (χ2v) is 3.86. The zero-order valence-electron chi connectivity index (χ0n) is 10.8. The predicted molar refractivity (Wildman–Crippen MR) is 65.1 cm³/mol. The predicted octanol–water partition coefficient (Wildman–Crippen LogP) is -1.91. The second kappa shape index (κ2) is 7.90. The van der Waals surface area contributed by atoms with E-state index in [4.69, 9.17) is 10.8 Å². The van der Waals surface area contributed by atoms with Gasteiger partial charge in [-0.1, -0.05) is 0 Å². The molecule has 0 rings (SSSR count). The number of nitrogens with two attached hydrogens (primary N) is 1. The maximum atomic E-state index is 11.6. The zero-order valence-corrected chi connectivity index (χ0v) is 10.8. The topological polar surface area (TPSA) is 142 Å². The molecule has 0 aromatic carbocycles. The molecule has 0 aromatic rings. The SMILES string of the molecule is CNC(=O)CCN(C)C(=O)NC(CC(N)=O)C(=O)O. The number of primary amides is 1. The molecule has 0 aliphatic rings. The van der Waals surface area contributed by atoms with Crippen molar-refractivity contribution < 1.29 is 24.3 Å². The van der Waals surface area contributed by atoms with Gasteiger partial charge in [0.1, 0.15) is 6.04 Å². The average Bonchev–Trinajstić information content (AvgIpc) is 2.33. The van der Waals surface area contributed by atoms with Crippen LogP contribution >= 0.6 is 0 Å². The van der Waals surface area contributed by atoms with Gasteiger partial charge in [-0.15, -0.1) is 0 Å². The number of rotatable bonds is 7. The summed E-state index contributed by atoms with van der Waals surface area (Å²) < 4.78 is 0. The van der Waals surface area contributed by atoms with Crippen molar-refractivity contribution in [1.82, 2.24) is 15.5 Å². The molecule has 0 radical (unpaired) electrons. The highest BCUT2D eigenvalue weighted by molar-refractivity contribution is 5.87. The van der Waals surface area contributed by atoms with Crippen molar-refractivity contribution in [3.63, 3.8) is 0 Å². The molecule has 4 amide bonds. The molecule has 5 N–H and O–H groups in total. The van der Waals surface area contributed by atoms with Crippen LogP contribution in [0.4, 0.5) is 4.79 Å². The van der Waals surface area contributed by atoms with Gasteiger partial charge in [0.05, 0.1) is 6.42 Å². The molecular formula is C10H18N4O5. The Balaban J connectivity index is 4.35. The van der Waals surface area contributed by atoms with Crippen LogP contribution in [0.25, 0.3) is 0 Å². The molecule has 0 saturated heterocycles. The van der Waals surface area contributed by atoms with Crippen molar-refractivity contribution in [3.05, 3.63) is 0 Å². The Morgan fingerprint density at radius 3 is 2.32 bits per heavy atom. The van der Waals surface area contributed by atoms with Gasteiger partial charge in [0, 0.05) is 27.1 Å². The van der Waals surface area contributed by atoms with Crippen molar-refractivity contribution in [2.24, 2.45) is 5.73 Å². The van der Waals surface area contributed by atoms with Crippen LogP contribution in [0.15, 0.2) is 0 Å². The third kappa shape index (κ3) is 6.86. The van der Waals surface area contributed by atoms with Gasteiger partial charge in [-0.25, -0.2) is 9.59 Å². The lowest BCUT2D eigenvalue weighted by atomic mass is 10.2. The fraction of sp³-hybridized carbons (Fsp3) is 0.600. The molecule has 0 fully saturated rings. The van der Waals surface area contributed by atoms with Crippen LogP contribution in [0.1, 0.15) is 12.8 Å². The van der Waals surface area contributed by atoms with E-state index in [9.17, 15) is 19.2 Å². The van der Waals surface area contributed by atoms with Crippen LogP contribution in [0, 0.1) is 0 Å². The summed E-state index contributed by atoms with van der Waals surface area (Å²) >= 11 is 0. The first-order chi connectivity index (χ1) is 8.77. The molecule has 19 heavy (non-hydrogen) atoms. The molecule has 0 heterocycles. The standard InChI is InChI=1S/C10H18N4O5/c1-12-8(16)3-4-14(2)10(19)13-6(9(17)18)5-7(11)15/h6H,3-5H2,1-2H3,(H2,11,15)(H,12,16)(H,13,19)(H,17,18). The highest BCUT2D eigenvalue weighted by atomic mass is 16.4. The zero-order chi connectivity index (χ0) is 15.0. The Morgan fingerprint density at radius 1 is 1.32 bits per heavy atom. The number of carboxylic acid groups (broad SMARTS) is 1. The monoisotopic (exact) mass is 274 g/mol. The van der Waals surface area contributed by atoms with Gasteiger partial charge in [-0.05, 0) is 0 Å². The number of nitrogens with zero attached hydrogens (tertiary/aromatic N) is 1. The molecule has 0 saturated carbocycles. The molecule has 0 aliphatic carbocycles. The maximum Gasteiger partial charge on any atom is 0.326 e. The quantitative estimate of drug-likeness (QED) is 0.428. The Bertz CT molecular complexity index is 371. The summed E-state index contributed by atoms with van der Waals surface area (Å²) in [5.41, 5.74) is 4.88. The van der Waals surface area contributed by atoms with Crippen molar-refractivity contribution in [3.8, 4) is 0 Å². The van der Waals surface area contributed by atoms with E-state index in [0.29, 0.717) is 0 Å². The average molecular weight is 274 g/mol. The van der Waals surface area contributed by atoms with Gasteiger partial charge in [0.2, 0.25) is 11.8 Å². The van der Waals surface area contributed by atoms with Crippen molar-refractivity contribution in [1.29, 1.82) is 0 Å². The molecule has 1 atom stereocenters. The van der Waals surface area contributed by atoms with E-state index in [1.807, 2.05) is 0 Å². The van der Waals surface area contributed by atoms with E-state index < -0.39 is 30.4 Å².